The number of rotatable bonds is 8. The van der Waals surface area contributed by atoms with Gasteiger partial charge in [-0.2, -0.15) is 5.10 Å². The van der Waals surface area contributed by atoms with E-state index < -0.39 is 22.5 Å². The third-order valence-electron chi connectivity index (χ3n) is 3.73. The summed E-state index contributed by atoms with van der Waals surface area (Å²) in [5, 5.41) is 3.94. The van der Waals surface area contributed by atoms with Crippen LogP contribution in [0.25, 0.3) is 0 Å². The van der Waals surface area contributed by atoms with Crippen LogP contribution in [-0.4, -0.2) is 39.4 Å². The summed E-state index contributed by atoms with van der Waals surface area (Å²) in [6.45, 7) is 3.54. The van der Waals surface area contributed by atoms with Gasteiger partial charge < -0.3 is 4.74 Å². The average Bonchev–Trinajstić information content (AvgIpc) is 2.65. The maximum Gasteiger partial charge on any atom is 0.260 e. The predicted octanol–water partition coefficient (Wildman–Crippen LogP) is 2.53. The zero-order chi connectivity index (χ0) is 20.7. The minimum absolute atomic E-state index is 0.334. The lowest BCUT2D eigenvalue weighted by Gasteiger charge is -2.21. The molecule has 7 nitrogen and oxygen atoms in total. The van der Waals surface area contributed by atoms with E-state index in [2.05, 4.69) is 10.5 Å². The molecule has 2 aromatic carbocycles. The molecule has 1 amide bonds. The lowest BCUT2D eigenvalue weighted by molar-refractivity contribution is -0.119. The van der Waals surface area contributed by atoms with E-state index in [1.807, 2.05) is 6.92 Å². The zero-order valence-corrected chi connectivity index (χ0v) is 16.7. The van der Waals surface area contributed by atoms with Gasteiger partial charge >= 0.3 is 0 Å². The van der Waals surface area contributed by atoms with Crippen molar-refractivity contribution in [1.82, 2.24) is 5.43 Å². The van der Waals surface area contributed by atoms with E-state index in [0.717, 1.165) is 10.6 Å². The fraction of sp³-hybridized carbons (Fsp3) is 0.263. The minimum atomic E-state index is -3.69. The second kappa shape index (κ2) is 9.32. The lowest BCUT2D eigenvalue weighted by atomic mass is 10.1. The highest BCUT2D eigenvalue weighted by atomic mass is 32.2. The highest BCUT2D eigenvalue weighted by molar-refractivity contribution is 7.92. The second-order valence-corrected chi connectivity index (χ2v) is 7.84. The number of amides is 1. The van der Waals surface area contributed by atoms with Crippen LogP contribution in [0.2, 0.25) is 0 Å². The largest absolute Gasteiger partial charge is 0.494 e. The quantitative estimate of drug-likeness (QED) is 0.538. The molecule has 0 saturated carbocycles. The molecule has 150 valence electrons. The third kappa shape index (κ3) is 6.05. The molecule has 2 rings (SSSR count). The van der Waals surface area contributed by atoms with Crippen LogP contribution >= 0.6 is 0 Å². The molecule has 0 aliphatic carbocycles. The highest BCUT2D eigenvalue weighted by Gasteiger charge is 2.20. The molecule has 0 unspecified atom stereocenters. The Hall–Kier alpha value is -2.94. The first kappa shape index (κ1) is 21.4. The average molecular weight is 407 g/mol. The fourth-order valence-electron chi connectivity index (χ4n) is 2.34. The summed E-state index contributed by atoms with van der Waals surface area (Å²) < 4.78 is 43.5. The number of hydrogen-bond acceptors (Lipinski definition) is 5. The third-order valence-corrected chi connectivity index (χ3v) is 4.87. The SMILES string of the molecule is CCOc1ccc(N(CC(=O)N/N=C(/C)c2ccc(F)cc2)S(C)(=O)=O)cc1. The van der Waals surface area contributed by atoms with Gasteiger partial charge in [0.25, 0.3) is 5.91 Å². The Labute approximate surface area is 163 Å². The summed E-state index contributed by atoms with van der Waals surface area (Å²) in [5.74, 6) is -0.385. The summed E-state index contributed by atoms with van der Waals surface area (Å²) >= 11 is 0. The highest BCUT2D eigenvalue weighted by Crippen LogP contribution is 2.21. The Morgan fingerprint density at radius 1 is 1.14 bits per heavy atom. The maximum atomic E-state index is 13.0. The van der Waals surface area contributed by atoms with Crippen molar-refractivity contribution in [3.63, 3.8) is 0 Å². The molecule has 0 fully saturated rings. The smallest absolute Gasteiger partial charge is 0.260 e. The van der Waals surface area contributed by atoms with Gasteiger partial charge in [0.2, 0.25) is 10.0 Å². The zero-order valence-electron chi connectivity index (χ0n) is 15.8. The molecule has 0 bridgehead atoms. The van der Waals surface area contributed by atoms with Gasteiger partial charge in [-0.25, -0.2) is 18.2 Å². The summed E-state index contributed by atoms with van der Waals surface area (Å²) in [7, 11) is -3.69. The molecule has 2 aromatic rings. The van der Waals surface area contributed by atoms with E-state index in [1.54, 1.807) is 31.2 Å². The van der Waals surface area contributed by atoms with Crippen molar-refractivity contribution in [1.29, 1.82) is 0 Å². The van der Waals surface area contributed by atoms with Crippen molar-refractivity contribution in [3.8, 4) is 5.75 Å². The van der Waals surface area contributed by atoms with Crippen LogP contribution in [0.15, 0.2) is 53.6 Å². The second-order valence-electron chi connectivity index (χ2n) is 5.94. The van der Waals surface area contributed by atoms with E-state index in [-0.39, 0.29) is 5.82 Å². The molecule has 0 atom stereocenters. The molecule has 0 aromatic heterocycles. The first-order valence-corrected chi connectivity index (χ1v) is 10.3. The number of carbonyl (C=O) groups is 1. The van der Waals surface area contributed by atoms with Crippen LogP contribution in [0.1, 0.15) is 19.4 Å². The summed E-state index contributed by atoms with van der Waals surface area (Å²) in [4.78, 5) is 12.2. The van der Waals surface area contributed by atoms with Gasteiger partial charge in [-0.3, -0.25) is 9.10 Å². The van der Waals surface area contributed by atoms with Crippen molar-refractivity contribution in [2.45, 2.75) is 13.8 Å². The Bertz CT molecular complexity index is 942. The van der Waals surface area contributed by atoms with Crippen molar-refractivity contribution < 1.29 is 22.3 Å². The first-order valence-electron chi connectivity index (χ1n) is 8.50. The summed E-state index contributed by atoms with van der Waals surface area (Å²) in [6, 6.07) is 12.0. The maximum absolute atomic E-state index is 13.0. The number of carbonyl (C=O) groups excluding carboxylic acids is 1. The Morgan fingerprint density at radius 2 is 1.75 bits per heavy atom. The first-order chi connectivity index (χ1) is 13.2. The van der Waals surface area contributed by atoms with E-state index in [4.69, 9.17) is 4.74 Å². The number of sulfonamides is 1. The molecule has 0 aliphatic heterocycles. The van der Waals surface area contributed by atoms with Gasteiger partial charge in [0.1, 0.15) is 18.1 Å². The molecule has 0 spiro atoms. The van der Waals surface area contributed by atoms with Gasteiger partial charge in [-0.05, 0) is 55.8 Å². The molecular formula is C19H22FN3O4S. The number of nitrogens with zero attached hydrogens (tertiary/aromatic N) is 2. The number of hydrogen-bond donors (Lipinski definition) is 1. The molecule has 1 N–H and O–H groups in total. The molecule has 28 heavy (non-hydrogen) atoms. The van der Waals surface area contributed by atoms with Gasteiger partial charge in [0.15, 0.2) is 0 Å². The van der Waals surface area contributed by atoms with Crippen LogP contribution < -0.4 is 14.5 Å². The molecule has 9 heteroatoms. The van der Waals surface area contributed by atoms with Crippen molar-refractivity contribution >= 4 is 27.3 Å². The topological polar surface area (TPSA) is 88.1 Å². The predicted molar refractivity (Wildman–Crippen MR) is 107 cm³/mol. The monoisotopic (exact) mass is 407 g/mol. The van der Waals surface area contributed by atoms with E-state index >= 15 is 0 Å². The molecule has 0 aliphatic rings. The van der Waals surface area contributed by atoms with Crippen LogP contribution in [0.5, 0.6) is 5.75 Å². The van der Waals surface area contributed by atoms with Gasteiger partial charge in [0.05, 0.1) is 24.3 Å². The van der Waals surface area contributed by atoms with Crippen molar-refractivity contribution in [3.05, 3.63) is 59.9 Å². The minimum Gasteiger partial charge on any atom is -0.494 e. The van der Waals surface area contributed by atoms with Gasteiger partial charge in [-0.15, -0.1) is 0 Å². The van der Waals surface area contributed by atoms with Crippen LogP contribution in [0.3, 0.4) is 0 Å². The number of nitrogens with one attached hydrogen (secondary N) is 1. The van der Waals surface area contributed by atoms with E-state index in [1.165, 1.54) is 24.3 Å². The number of anilines is 1. The molecule has 0 saturated heterocycles. The van der Waals surface area contributed by atoms with Gasteiger partial charge in [-0.1, -0.05) is 12.1 Å². The van der Waals surface area contributed by atoms with Crippen LogP contribution in [0.4, 0.5) is 10.1 Å². The summed E-state index contributed by atoms with van der Waals surface area (Å²) in [5.41, 5.74) is 3.75. The van der Waals surface area contributed by atoms with Crippen LogP contribution in [-0.2, 0) is 14.8 Å². The Balaban J connectivity index is 2.10. The normalized spacial score (nSPS) is 11.8. The van der Waals surface area contributed by atoms with Crippen molar-refractivity contribution in [2.75, 3.05) is 23.7 Å². The number of ether oxygens (including phenoxy) is 1. The van der Waals surface area contributed by atoms with E-state index in [0.29, 0.717) is 29.3 Å². The van der Waals surface area contributed by atoms with Gasteiger partial charge in [0, 0.05) is 0 Å². The Kier molecular flexibility index (Phi) is 7.11. The number of benzene rings is 2. The van der Waals surface area contributed by atoms with E-state index in [9.17, 15) is 17.6 Å². The van der Waals surface area contributed by atoms with Crippen LogP contribution in [0, 0.1) is 5.82 Å². The number of hydrazone groups is 1. The molecule has 0 radical (unpaired) electrons. The standard InChI is InChI=1S/C19H22FN3O4S/c1-4-27-18-11-9-17(10-12-18)23(28(3,25)26)13-19(24)22-21-14(2)15-5-7-16(20)8-6-15/h5-12H,4,13H2,1-3H3,(H,22,24)/b21-14-. The molecular weight excluding hydrogens is 385 g/mol. The number of halogens is 1. The summed E-state index contributed by atoms with van der Waals surface area (Å²) in [6.07, 6.45) is 1.02. The molecule has 0 heterocycles. The lowest BCUT2D eigenvalue weighted by Crippen LogP contribution is -2.39. The Morgan fingerprint density at radius 3 is 2.29 bits per heavy atom. The van der Waals surface area contributed by atoms with Crippen molar-refractivity contribution in [2.24, 2.45) is 5.10 Å². The fourth-order valence-corrected chi connectivity index (χ4v) is 3.20.